The Kier molecular flexibility index (Phi) is 6.65. The normalized spacial score (nSPS) is 10.8. The minimum absolute atomic E-state index is 0.0895. The maximum atomic E-state index is 10.6. The highest BCUT2D eigenvalue weighted by atomic mass is 35.5. The molecule has 0 amide bonds. The summed E-state index contributed by atoms with van der Waals surface area (Å²) in [6.45, 7) is 1.36. The highest BCUT2D eigenvalue weighted by Gasteiger charge is 2.10. The molecule has 0 saturated heterocycles. The van der Waals surface area contributed by atoms with Crippen LogP contribution < -0.4 is 0 Å². The van der Waals surface area contributed by atoms with Crippen LogP contribution in [0.2, 0.25) is 0 Å². The Balaban J connectivity index is 2.71. The first-order valence-electron chi connectivity index (χ1n) is 4.96. The van der Waals surface area contributed by atoms with Crippen LogP contribution in [-0.4, -0.2) is 34.1 Å². The molecule has 0 saturated carbocycles. The molecule has 0 N–H and O–H groups in total. The molecule has 0 atom stereocenters. The molecule has 1 rings (SSSR count). The van der Waals surface area contributed by atoms with E-state index in [1.165, 1.54) is 18.0 Å². The monoisotopic (exact) mass is 294 g/mol. The van der Waals surface area contributed by atoms with Crippen molar-refractivity contribution >= 4 is 40.8 Å². The number of hydrogen-bond donors (Lipinski definition) is 0. The van der Waals surface area contributed by atoms with Crippen molar-refractivity contribution in [1.82, 2.24) is 4.31 Å². The first-order chi connectivity index (χ1) is 8.17. The van der Waals surface area contributed by atoms with Gasteiger partial charge in [0.15, 0.2) is 0 Å². The number of hydrogen-bond acceptors (Lipinski definition) is 4. The zero-order chi connectivity index (χ0) is 12.7. The van der Waals surface area contributed by atoms with Gasteiger partial charge in [0.25, 0.3) is 5.69 Å². The molecule has 0 fully saturated rings. The molecule has 0 unspecified atom stereocenters. The van der Waals surface area contributed by atoms with E-state index in [4.69, 9.17) is 23.2 Å². The fourth-order valence-corrected chi connectivity index (χ4v) is 2.78. The zero-order valence-corrected chi connectivity index (χ0v) is 11.3. The Hall–Kier alpha value is -0.490. The first kappa shape index (κ1) is 14.6. The second-order valence-electron chi connectivity index (χ2n) is 3.15. The molecular formula is C10H12Cl2N2O2S. The Labute approximate surface area is 114 Å². The molecule has 0 spiro atoms. The summed E-state index contributed by atoms with van der Waals surface area (Å²) in [5.41, 5.74) is 0.0895. The lowest BCUT2D eigenvalue weighted by Gasteiger charge is -2.18. The van der Waals surface area contributed by atoms with Crippen LogP contribution in [-0.2, 0) is 0 Å². The van der Waals surface area contributed by atoms with Gasteiger partial charge in [0.05, 0.1) is 4.92 Å². The molecule has 1 aromatic carbocycles. The quantitative estimate of drug-likeness (QED) is 0.335. The second-order valence-corrected chi connectivity index (χ2v) is 5.08. The van der Waals surface area contributed by atoms with Gasteiger partial charge < -0.3 is 0 Å². The minimum atomic E-state index is -0.405. The van der Waals surface area contributed by atoms with Crippen molar-refractivity contribution in [3.05, 3.63) is 34.4 Å². The van der Waals surface area contributed by atoms with Crippen molar-refractivity contribution in [2.45, 2.75) is 4.90 Å². The number of alkyl halides is 2. The van der Waals surface area contributed by atoms with E-state index in [1.54, 1.807) is 12.1 Å². The summed E-state index contributed by atoms with van der Waals surface area (Å²) in [5, 5.41) is 10.6. The molecule has 0 aliphatic rings. The van der Waals surface area contributed by atoms with E-state index in [0.29, 0.717) is 24.8 Å². The highest BCUT2D eigenvalue weighted by Crippen LogP contribution is 2.25. The topological polar surface area (TPSA) is 46.4 Å². The van der Waals surface area contributed by atoms with Crippen molar-refractivity contribution in [3.63, 3.8) is 0 Å². The molecule has 94 valence electrons. The van der Waals surface area contributed by atoms with E-state index < -0.39 is 4.92 Å². The predicted molar refractivity (Wildman–Crippen MR) is 72.0 cm³/mol. The third kappa shape index (κ3) is 5.12. The fraction of sp³-hybridized carbons (Fsp3) is 0.400. The molecule has 4 nitrogen and oxygen atoms in total. The Bertz CT molecular complexity index is 373. The molecule has 0 bridgehead atoms. The zero-order valence-electron chi connectivity index (χ0n) is 9.01. The summed E-state index contributed by atoms with van der Waals surface area (Å²) < 4.78 is 1.99. The summed E-state index contributed by atoms with van der Waals surface area (Å²) in [4.78, 5) is 11.0. The minimum Gasteiger partial charge on any atom is -0.258 e. The summed E-state index contributed by atoms with van der Waals surface area (Å²) in [5.74, 6) is 0.998. The van der Waals surface area contributed by atoms with Gasteiger partial charge in [-0.1, -0.05) is 6.07 Å². The molecule has 17 heavy (non-hydrogen) atoms. The van der Waals surface area contributed by atoms with Gasteiger partial charge in [-0.05, 0) is 18.0 Å². The number of rotatable bonds is 7. The molecular weight excluding hydrogens is 283 g/mol. The van der Waals surface area contributed by atoms with Gasteiger partial charge in [-0.15, -0.1) is 23.2 Å². The van der Waals surface area contributed by atoms with Crippen LogP contribution >= 0.6 is 35.1 Å². The number of benzene rings is 1. The average molecular weight is 295 g/mol. The molecule has 0 heterocycles. The molecule has 0 aromatic heterocycles. The van der Waals surface area contributed by atoms with E-state index >= 15 is 0 Å². The standard InChI is InChI=1S/C10H12Cl2N2O2S/c11-4-6-13(7-5-12)17-10-3-1-2-9(8-10)14(15)16/h1-3,8H,4-7H2. The third-order valence-corrected chi connectivity index (χ3v) is 3.36. The first-order valence-corrected chi connectivity index (χ1v) is 6.81. The predicted octanol–water partition coefficient (Wildman–Crippen LogP) is 3.38. The Morgan fingerprint density at radius 2 is 1.94 bits per heavy atom. The molecule has 0 aliphatic carbocycles. The Morgan fingerprint density at radius 3 is 2.47 bits per heavy atom. The summed E-state index contributed by atoms with van der Waals surface area (Å²) in [6.07, 6.45) is 0. The van der Waals surface area contributed by atoms with Crippen molar-refractivity contribution < 1.29 is 4.92 Å². The van der Waals surface area contributed by atoms with Crippen LogP contribution in [0.1, 0.15) is 0 Å². The molecule has 1 aromatic rings. The van der Waals surface area contributed by atoms with Gasteiger partial charge in [0.1, 0.15) is 0 Å². The van der Waals surface area contributed by atoms with Crippen LogP contribution in [0.5, 0.6) is 0 Å². The molecule has 7 heteroatoms. The van der Waals surface area contributed by atoms with Crippen LogP contribution in [0.25, 0.3) is 0 Å². The summed E-state index contributed by atoms with van der Waals surface area (Å²) >= 11 is 12.8. The van der Waals surface area contributed by atoms with Gasteiger partial charge in [-0.3, -0.25) is 10.1 Å². The van der Waals surface area contributed by atoms with Gasteiger partial charge >= 0.3 is 0 Å². The lowest BCUT2D eigenvalue weighted by Crippen LogP contribution is -2.20. The fourth-order valence-electron chi connectivity index (χ4n) is 1.19. The maximum absolute atomic E-state index is 10.6. The van der Waals surface area contributed by atoms with E-state index in [9.17, 15) is 10.1 Å². The summed E-state index contributed by atoms with van der Waals surface area (Å²) in [6, 6.07) is 6.50. The van der Waals surface area contributed by atoms with Crippen molar-refractivity contribution in [1.29, 1.82) is 0 Å². The highest BCUT2D eigenvalue weighted by molar-refractivity contribution is 7.97. The average Bonchev–Trinajstić information content (AvgIpc) is 2.30. The largest absolute Gasteiger partial charge is 0.270 e. The maximum Gasteiger partial charge on any atom is 0.270 e. The summed E-state index contributed by atoms with van der Waals surface area (Å²) in [7, 11) is 0. The van der Waals surface area contributed by atoms with E-state index in [-0.39, 0.29) is 5.69 Å². The van der Waals surface area contributed by atoms with Crippen LogP contribution in [0.4, 0.5) is 5.69 Å². The second kappa shape index (κ2) is 7.76. The van der Waals surface area contributed by atoms with Crippen LogP contribution in [0.15, 0.2) is 29.2 Å². The van der Waals surface area contributed by atoms with Crippen LogP contribution in [0, 0.1) is 10.1 Å². The van der Waals surface area contributed by atoms with Gasteiger partial charge in [-0.25, -0.2) is 4.31 Å². The lowest BCUT2D eigenvalue weighted by atomic mass is 10.3. The molecule has 0 radical (unpaired) electrons. The van der Waals surface area contributed by atoms with E-state index in [2.05, 4.69) is 0 Å². The van der Waals surface area contributed by atoms with Gasteiger partial charge in [-0.2, -0.15) is 0 Å². The number of nitrogens with zero attached hydrogens (tertiary/aromatic N) is 2. The van der Waals surface area contributed by atoms with Crippen molar-refractivity contribution in [2.75, 3.05) is 24.8 Å². The van der Waals surface area contributed by atoms with Gasteiger partial charge in [0, 0.05) is 41.9 Å². The number of nitro benzene ring substituents is 1. The molecule has 0 aliphatic heterocycles. The van der Waals surface area contributed by atoms with E-state index in [0.717, 1.165) is 4.90 Å². The lowest BCUT2D eigenvalue weighted by molar-refractivity contribution is -0.385. The third-order valence-electron chi connectivity index (χ3n) is 1.93. The van der Waals surface area contributed by atoms with Crippen LogP contribution in [0.3, 0.4) is 0 Å². The Morgan fingerprint density at radius 1 is 1.29 bits per heavy atom. The number of non-ortho nitro benzene ring substituents is 1. The number of halogens is 2. The van der Waals surface area contributed by atoms with Gasteiger partial charge in [0.2, 0.25) is 0 Å². The van der Waals surface area contributed by atoms with Crippen molar-refractivity contribution in [2.24, 2.45) is 0 Å². The number of nitro groups is 1. The smallest absolute Gasteiger partial charge is 0.258 e. The SMILES string of the molecule is O=[N+]([O-])c1cccc(SN(CCCl)CCCl)c1. The van der Waals surface area contributed by atoms with E-state index in [1.807, 2.05) is 10.4 Å². The van der Waals surface area contributed by atoms with Crippen molar-refractivity contribution in [3.8, 4) is 0 Å².